The lowest BCUT2D eigenvalue weighted by atomic mass is 9.92. The molecule has 1 amide bonds. The second kappa shape index (κ2) is 7.38. The average molecular weight is 308 g/mol. The molecule has 0 radical (unpaired) electrons. The molecule has 0 aliphatic carbocycles. The molecule has 0 aromatic carbocycles. The van der Waals surface area contributed by atoms with Crippen molar-refractivity contribution in [3.05, 3.63) is 5.82 Å². The van der Waals surface area contributed by atoms with Crippen LogP contribution in [-0.4, -0.2) is 48.0 Å². The Hall–Kier alpha value is -1.92. The normalized spacial score (nSPS) is 11.5. The molecule has 0 spiro atoms. The van der Waals surface area contributed by atoms with Gasteiger partial charge in [-0.05, 0) is 20.8 Å². The summed E-state index contributed by atoms with van der Waals surface area (Å²) in [6.07, 6.45) is 0. The lowest BCUT2D eigenvalue weighted by Crippen LogP contribution is -2.41. The molecule has 0 aliphatic heterocycles. The van der Waals surface area contributed by atoms with E-state index in [1.165, 1.54) is 0 Å². The fraction of sp³-hybridized carbons (Fsp3) is 0.733. The molecule has 1 aromatic heterocycles. The summed E-state index contributed by atoms with van der Waals surface area (Å²) in [5.74, 6) is 2.06. The number of hydrogen-bond donors (Lipinski definition) is 2. The number of hydrogen-bond acceptors (Lipinski definition) is 6. The van der Waals surface area contributed by atoms with E-state index in [1.807, 2.05) is 53.6 Å². The highest BCUT2D eigenvalue weighted by Gasteiger charge is 2.27. The van der Waals surface area contributed by atoms with Crippen molar-refractivity contribution in [1.29, 1.82) is 0 Å². The molecule has 2 N–H and O–H groups in total. The third-order valence-corrected chi connectivity index (χ3v) is 3.20. The molecule has 0 atom stereocenters. The Balaban J connectivity index is 2.91. The highest BCUT2D eigenvalue weighted by molar-refractivity contribution is 5.82. The smallest absolute Gasteiger partial charge is 0.229 e. The van der Waals surface area contributed by atoms with Crippen LogP contribution in [0.5, 0.6) is 0 Å². The van der Waals surface area contributed by atoms with Gasteiger partial charge in [0.2, 0.25) is 17.8 Å². The lowest BCUT2D eigenvalue weighted by Gasteiger charge is -2.24. The van der Waals surface area contributed by atoms with Crippen LogP contribution in [0, 0.1) is 5.41 Å². The molecule has 0 fully saturated rings. The lowest BCUT2D eigenvalue weighted by molar-refractivity contribution is -0.128. The zero-order chi connectivity index (χ0) is 16.9. The van der Waals surface area contributed by atoms with Crippen LogP contribution in [0.25, 0.3) is 0 Å². The highest BCUT2D eigenvalue weighted by atomic mass is 16.2. The molecule has 0 saturated heterocycles. The van der Waals surface area contributed by atoms with Crippen LogP contribution in [0.3, 0.4) is 0 Å². The standard InChI is InChI=1S/C15H28N6O/c1-8-16-12(22)15(4,5)9-17-13-18-11(10(2)3)19-14(20-13)21(6)7/h10H,8-9H2,1-7H3,(H,16,22)(H,17,18,19,20). The van der Waals surface area contributed by atoms with Gasteiger partial charge >= 0.3 is 0 Å². The number of carbonyl (C=O) groups excluding carboxylic acids is 1. The van der Waals surface area contributed by atoms with Crippen LogP contribution in [-0.2, 0) is 4.79 Å². The quantitative estimate of drug-likeness (QED) is 0.796. The minimum atomic E-state index is -0.543. The van der Waals surface area contributed by atoms with Gasteiger partial charge in [-0.1, -0.05) is 13.8 Å². The minimum Gasteiger partial charge on any atom is -0.356 e. The second-order valence-corrected chi connectivity index (χ2v) is 6.46. The van der Waals surface area contributed by atoms with Crippen LogP contribution in [0.15, 0.2) is 0 Å². The summed E-state index contributed by atoms with van der Waals surface area (Å²) in [7, 11) is 3.78. The molecule has 1 rings (SSSR count). The van der Waals surface area contributed by atoms with Crippen molar-refractivity contribution in [2.75, 3.05) is 37.4 Å². The molecule has 1 aromatic rings. The van der Waals surface area contributed by atoms with Gasteiger partial charge in [-0.15, -0.1) is 0 Å². The van der Waals surface area contributed by atoms with Gasteiger partial charge in [0, 0.05) is 33.1 Å². The number of carbonyl (C=O) groups is 1. The Morgan fingerprint density at radius 2 is 1.86 bits per heavy atom. The Bertz CT molecular complexity index is 487. The summed E-state index contributed by atoms with van der Waals surface area (Å²) in [5, 5.41) is 6.01. The number of anilines is 2. The number of rotatable bonds is 7. The number of nitrogens with zero attached hydrogens (tertiary/aromatic N) is 4. The summed E-state index contributed by atoms with van der Waals surface area (Å²) >= 11 is 0. The monoisotopic (exact) mass is 308 g/mol. The van der Waals surface area contributed by atoms with Gasteiger partial charge in [-0.25, -0.2) is 0 Å². The summed E-state index contributed by atoms with van der Waals surface area (Å²) in [6, 6.07) is 0. The molecule has 22 heavy (non-hydrogen) atoms. The first-order chi connectivity index (χ1) is 10.2. The summed E-state index contributed by atoms with van der Waals surface area (Å²) in [5.41, 5.74) is -0.543. The largest absolute Gasteiger partial charge is 0.356 e. The van der Waals surface area contributed by atoms with E-state index in [4.69, 9.17) is 0 Å². The van der Waals surface area contributed by atoms with Gasteiger partial charge in [0.15, 0.2) is 0 Å². The predicted molar refractivity (Wildman–Crippen MR) is 89.2 cm³/mol. The molecule has 0 unspecified atom stereocenters. The maximum Gasteiger partial charge on any atom is 0.229 e. The van der Waals surface area contributed by atoms with Gasteiger partial charge in [-0.2, -0.15) is 15.0 Å². The predicted octanol–water partition coefficient (Wildman–Crippen LogP) is 1.64. The fourth-order valence-corrected chi connectivity index (χ4v) is 1.70. The maximum atomic E-state index is 12.0. The summed E-state index contributed by atoms with van der Waals surface area (Å²) in [6.45, 7) is 10.8. The van der Waals surface area contributed by atoms with E-state index < -0.39 is 5.41 Å². The van der Waals surface area contributed by atoms with Crippen molar-refractivity contribution >= 4 is 17.8 Å². The van der Waals surface area contributed by atoms with Gasteiger partial charge in [0.25, 0.3) is 0 Å². The van der Waals surface area contributed by atoms with E-state index in [1.54, 1.807) is 0 Å². The van der Waals surface area contributed by atoms with Crippen LogP contribution in [0.2, 0.25) is 0 Å². The Morgan fingerprint density at radius 1 is 1.23 bits per heavy atom. The van der Waals surface area contributed by atoms with Crippen molar-refractivity contribution in [3.8, 4) is 0 Å². The number of aromatic nitrogens is 3. The van der Waals surface area contributed by atoms with Crippen molar-refractivity contribution < 1.29 is 4.79 Å². The van der Waals surface area contributed by atoms with Crippen molar-refractivity contribution in [2.24, 2.45) is 5.41 Å². The molecule has 7 nitrogen and oxygen atoms in total. The molecule has 7 heteroatoms. The Labute approximate surface area is 132 Å². The average Bonchev–Trinajstić information content (AvgIpc) is 2.45. The van der Waals surface area contributed by atoms with Crippen molar-refractivity contribution in [1.82, 2.24) is 20.3 Å². The van der Waals surface area contributed by atoms with E-state index >= 15 is 0 Å². The van der Waals surface area contributed by atoms with Crippen LogP contribution >= 0.6 is 0 Å². The topological polar surface area (TPSA) is 83.0 Å². The number of amides is 1. The van der Waals surface area contributed by atoms with E-state index in [9.17, 15) is 4.79 Å². The van der Waals surface area contributed by atoms with Gasteiger partial charge in [0.1, 0.15) is 5.82 Å². The van der Waals surface area contributed by atoms with Crippen LogP contribution in [0.1, 0.15) is 46.4 Å². The van der Waals surface area contributed by atoms with E-state index in [-0.39, 0.29) is 11.8 Å². The maximum absolute atomic E-state index is 12.0. The zero-order valence-electron chi connectivity index (χ0n) is 14.7. The van der Waals surface area contributed by atoms with Gasteiger partial charge in [-0.3, -0.25) is 4.79 Å². The SMILES string of the molecule is CCNC(=O)C(C)(C)CNc1nc(C(C)C)nc(N(C)C)n1. The van der Waals surface area contributed by atoms with Crippen molar-refractivity contribution in [2.45, 2.75) is 40.5 Å². The third kappa shape index (κ3) is 4.82. The molecule has 0 saturated carbocycles. The fourth-order valence-electron chi connectivity index (χ4n) is 1.70. The van der Waals surface area contributed by atoms with E-state index in [2.05, 4.69) is 25.6 Å². The zero-order valence-corrected chi connectivity index (χ0v) is 14.7. The first-order valence-corrected chi connectivity index (χ1v) is 7.62. The van der Waals surface area contributed by atoms with E-state index in [0.29, 0.717) is 25.0 Å². The molecule has 1 heterocycles. The Morgan fingerprint density at radius 3 is 2.36 bits per heavy atom. The van der Waals surface area contributed by atoms with E-state index in [0.717, 1.165) is 5.82 Å². The molecule has 0 bridgehead atoms. The first-order valence-electron chi connectivity index (χ1n) is 7.62. The number of nitrogens with one attached hydrogen (secondary N) is 2. The van der Waals surface area contributed by atoms with Crippen LogP contribution < -0.4 is 15.5 Å². The Kier molecular flexibility index (Phi) is 6.08. The first kappa shape index (κ1) is 18.1. The molecular formula is C15H28N6O. The summed E-state index contributed by atoms with van der Waals surface area (Å²) < 4.78 is 0. The third-order valence-electron chi connectivity index (χ3n) is 3.20. The van der Waals surface area contributed by atoms with Gasteiger partial charge in [0.05, 0.1) is 5.41 Å². The summed E-state index contributed by atoms with van der Waals surface area (Å²) in [4.78, 5) is 27.1. The minimum absolute atomic E-state index is 0.00784. The van der Waals surface area contributed by atoms with Crippen molar-refractivity contribution in [3.63, 3.8) is 0 Å². The van der Waals surface area contributed by atoms with Gasteiger partial charge < -0.3 is 15.5 Å². The second-order valence-electron chi connectivity index (χ2n) is 6.46. The molecule has 0 aliphatic rings. The molecular weight excluding hydrogens is 280 g/mol. The van der Waals surface area contributed by atoms with Crippen LogP contribution in [0.4, 0.5) is 11.9 Å². The highest BCUT2D eigenvalue weighted by Crippen LogP contribution is 2.18. The molecule has 124 valence electrons.